The second-order valence-corrected chi connectivity index (χ2v) is 3.72. The Morgan fingerprint density at radius 3 is 1.88 bits per heavy atom. The van der Waals surface area contributed by atoms with Crippen molar-refractivity contribution in [3.8, 4) is 0 Å². The molecule has 2 aliphatic heterocycles. The Balaban J connectivity index is 0.000000138. The average molecular weight is 223 g/mol. The molecule has 1 aromatic carbocycles. The molecule has 0 amide bonds. The van der Waals surface area contributed by atoms with Crippen molar-refractivity contribution in [3.63, 3.8) is 0 Å². The van der Waals surface area contributed by atoms with Gasteiger partial charge in [-0.05, 0) is 0 Å². The fourth-order valence-electron chi connectivity index (χ4n) is 1.04. The van der Waals surface area contributed by atoms with Crippen molar-refractivity contribution in [2.75, 3.05) is 26.4 Å². The molecule has 4 heteroatoms. The predicted molar refractivity (Wildman–Crippen MR) is 59.9 cm³/mol. The van der Waals surface area contributed by atoms with E-state index in [2.05, 4.69) is 5.48 Å². The van der Waals surface area contributed by atoms with Crippen LogP contribution in [0.4, 0.5) is 0 Å². The minimum Gasteiger partial charge on any atom is -0.372 e. The molecule has 3 rings (SSSR count). The van der Waals surface area contributed by atoms with Gasteiger partial charge in [0, 0.05) is 6.54 Å². The largest absolute Gasteiger partial charge is 0.372 e. The van der Waals surface area contributed by atoms with E-state index in [1.165, 1.54) is 0 Å². The quantitative estimate of drug-likeness (QED) is 0.459. The molecule has 0 saturated carbocycles. The van der Waals surface area contributed by atoms with Gasteiger partial charge >= 0.3 is 0 Å². The maximum Gasteiger partial charge on any atom is 0.106 e. The Hall–Kier alpha value is -0.940. The summed E-state index contributed by atoms with van der Waals surface area (Å²) in [6.07, 6.45) is 0.729. The van der Waals surface area contributed by atoms with Gasteiger partial charge in [-0.25, -0.2) is 0 Å². The molecule has 4 nitrogen and oxygen atoms in total. The first-order valence-corrected chi connectivity index (χ1v) is 5.53. The standard InChI is InChI=1S/C6H11NO3.C6H6/c1(5-2-8-5)7-10-4-6-3-9-6;1-2-4-6-5-3-1/h5-7H,1-4H2;1-6H. The van der Waals surface area contributed by atoms with Crippen molar-refractivity contribution in [2.24, 2.45) is 0 Å². The molecule has 0 aliphatic carbocycles. The van der Waals surface area contributed by atoms with Crippen LogP contribution in [0.25, 0.3) is 0 Å². The summed E-state index contributed by atoms with van der Waals surface area (Å²) in [4.78, 5) is 5.05. The van der Waals surface area contributed by atoms with Crippen molar-refractivity contribution < 1.29 is 14.3 Å². The van der Waals surface area contributed by atoms with Crippen LogP contribution in [0.2, 0.25) is 0 Å². The molecule has 2 aliphatic rings. The van der Waals surface area contributed by atoms with Gasteiger partial charge in [-0.15, -0.1) is 0 Å². The minimum atomic E-state index is 0.340. The van der Waals surface area contributed by atoms with Gasteiger partial charge in [-0.1, -0.05) is 36.4 Å². The summed E-state index contributed by atoms with van der Waals surface area (Å²) in [5.41, 5.74) is 2.81. The summed E-state index contributed by atoms with van der Waals surface area (Å²) in [5.74, 6) is 0. The fraction of sp³-hybridized carbons (Fsp3) is 0.500. The fourth-order valence-corrected chi connectivity index (χ4v) is 1.04. The number of hydroxylamine groups is 1. The average Bonchev–Trinajstić information content (AvgIpc) is 3.22. The Labute approximate surface area is 95.5 Å². The van der Waals surface area contributed by atoms with E-state index in [1.807, 2.05) is 36.4 Å². The molecular weight excluding hydrogens is 206 g/mol. The van der Waals surface area contributed by atoms with E-state index >= 15 is 0 Å². The first kappa shape index (κ1) is 11.5. The van der Waals surface area contributed by atoms with Crippen molar-refractivity contribution in [1.29, 1.82) is 0 Å². The van der Waals surface area contributed by atoms with Crippen LogP contribution >= 0.6 is 0 Å². The van der Waals surface area contributed by atoms with Crippen LogP contribution < -0.4 is 5.48 Å². The van der Waals surface area contributed by atoms with Crippen LogP contribution in [0, 0.1) is 0 Å². The van der Waals surface area contributed by atoms with Gasteiger partial charge in [-0.3, -0.25) is 4.84 Å². The van der Waals surface area contributed by atoms with E-state index in [-0.39, 0.29) is 0 Å². The molecule has 0 spiro atoms. The number of rotatable bonds is 5. The maximum absolute atomic E-state index is 5.05. The molecule has 0 bridgehead atoms. The minimum absolute atomic E-state index is 0.340. The molecular formula is C12H17NO3. The number of hydrogen-bond acceptors (Lipinski definition) is 4. The first-order valence-electron chi connectivity index (χ1n) is 5.53. The Bertz CT molecular complexity index is 232. The van der Waals surface area contributed by atoms with E-state index in [0.717, 1.165) is 19.8 Å². The normalized spacial score (nSPS) is 25.5. The molecule has 1 N–H and O–H groups in total. The highest BCUT2D eigenvalue weighted by atomic mass is 16.7. The van der Waals surface area contributed by atoms with Crippen LogP contribution in [0.5, 0.6) is 0 Å². The topological polar surface area (TPSA) is 46.3 Å². The Morgan fingerprint density at radius 1 is 0.938 bits per heavy atom. The van der Waals surface area contributed by atoms with Crippen LogP contribution in [-0.4, -0.2) is 38.6 Å². The second-order valence-electron chi connectivity index (χ2n) is 3.72. The molecule has 0 radical (unpaired) electrons. The lowest BCUT2D eigenvalue weighted by Crippen LogP contribution is -2.22. The van der Waals surface area contributed by atoms with Gasteiger partial charge < -0.3 is 9.47 Å². The summed E-state index contributed by atoms with van der Waals surface area (Å²) >= 11 is 0. The zero-order valence-corrected chi connectivity index (χ0v) is 9.17. The monoisotopic (exact) mass is 223 g/mol. The number of epoxide rings is 2. The molecule has 2 fully saturated rings. The number of benzene rings is 1. The van der Waals surface area contributed by atoms with E-state index in [1.54, 1.807) is 0 Å². The Kier molecular flexibility index (Phi) is 4.76. The van der Waals surface area contributed by atoms with Gasteiger partial charge in [0.05, 0.1) is 25.9 Å². The van der Waals surface area contributed by atoms with E-state index < -0.39 is 0 Å². The van der Waals surface area contributed by atoms with Crippen molar-refractivity contribution in [1.82, 2.24) is 5.48 Å². The SMILES string of the molecule is C(NOCC1CO1)C1CO1.c1ccccc1. The lowest BCUT2D eigenvalue weighted by molar-refractivity contribution is 0.0276. The number of ether oxygens (including phenoxy) is 2. The van der Waals surface area contributed by atoms with Gasteiger partial charge in [-0.2, -0.15) is 5.48 Å². The molecule has 2 atom stereocenters. The molecule has 0 aromatic heterocycles. The third-order valence-electron chi connectivity index (χ3n) is 2.15. The molecule has 2 unspecified atom stereocenters. The van der Waals surface area contributed by atoms with Crippen LogP contribution in [0.3, 0.4) is 0 Å². The molecule has 16 heavy (non-hydrogen) atoms. The molecule has 88 valence electrons. The maximum atomic E-state index is 5.05. The molecule has 1 aromatic rings. The number of nitrogens with one attached hydrogen (secondary N) is 1. The zero-order valence-electron chi connectivity index (χ0n) is 9.17. The smallest absolute Gasteiger partial charge is 0.106 e. The van der Waals surface area contributed by atoms with E-state index in [0.29, 0.717) is 18.8 Å². The summed E-state index contributed by atoms with van der Waals surface area (Å²) in [6, 6.07) is 12.0. The highest BCUT2D eigenvalue weighted by molar-refractivity contribution is 4.99. The van der Waals surface area contributed by atoms with Gasteiger partial charge in [0.2, 0.25) is 0 Å². The first-order chi connectivity index (χ1) is 7.95. The van der Waals surface area contributed by atoms with E-state index in [4.69, 9.17) is 14.3 Å². The zero-order chi connectivity index (χ0) is 11.1. The molecule has 2 heterocycles. The van der Waals surface area contributed by atoms with Crippen LogP contribution in [0.1, 0.15) is 0 Å². The second kappa shape index (κ2) is 6.60. The lowest BCUT2D eigenvalue weighted by atomic mass is 10.4. The predicted octanol–water partition coefficient (Wildman–Crippen LogP) is 0.992. The molecule has 2 saturated heterocycles. The van der Waals surface area contributed by atoms with E-state index in [9.17, 15) is 0 Å². The Morgan fingerprint density at radius 2 is 1.44 bits per heavy atom. The summed E-state index contributed by atoms with van der Waals surface area (Å²) in [6.45, 7) is 3.18. The highest BCUT2D eigenvalue weighted by Crippen LogP contribution is 2.08. The third kappa shape index (κ3) is 5.82. The van der Waals surface area contributed by atoms with Crippen LogP contribution in [-0.2, 0) is 14.3 Å². The summed E-state index contributed by atoms with van der Waals surface area (Å²) in [7, 11) is 0. The van der Waals surface area contributed by atoms with Crippen molar-refractivity contribution in [3.05, 3.63) is 36.4 Å². The van der Waals surface area contributed by atoms with Crippen LogP contribution in [0.15, 0.2) is 36.4 Å². The van der Waals surface area contributed by atoms with Crippen molar-refractivity contribution >= 4 is 0 Å². The lowest BCUT2D eigenvalue weighted by Gasteiger charge is -1.99. The number of hydrogen-bond donors (Lipinski definition) is 1. The van der Waals surface area contributed by atoms with Gasteiger partial charge in [0.25, 0.3) is 0 Å². The van der Waals surface area contributed by atoms with Gasteiger partial charge in [0.1, 0.15) is 6.10 Å². The summed E-state index contributed by atoms with van der Waals surface area (Å²) < 4.78 is 9.89. The summed E-state index contributed by atoms with van der Waals surface area (Å²) in [5, 5.41) is 0. The van der Waals surface area contributed by atoms with Crippen molar-refractivity contribution in [2.45, 2.75) is 12.2 Å². The van der Waals surface area contributed by atoms with Gasteiger partial charge in [0.15, 0.2) is 0 Å². The highest BCUT2D eigenvalue weighted by Gasteiger charge is 2.24. The third-order valence-corrected chi connectivity index (χ3v) is 2.15.